The van der Waals surface area contributed by atoms with Gasteiger partial charge in [-0.1, -0.05) is 0 Å². The van der Waals surface area contributed by atoms with Crippen molar-refractivity contribution in [2.75, 3.05) is 0 Å². The molecule has 0 rings (SSSR count). The van der Waals surface area contributed by atoms with E-state index in [-0.39, 0.29) is 30.3 Å². The van der Waals surface area contributed by atoms with E-state index in [9.17, 15) is 0 Å². The molecule has 6 heteroatoms. The van der Waals surface area contributed by atoms with Crippen LogP contribution in [0, 0.1) is 0 Å². The first kappa shape index (κ1) is 15.7. The van der Waals surface area contributed by atoms with Gasteiger partial charge in [0.2, 0.25) is 0 Å². The molecule has 0 saturated heterocycles. The fourth-order valence-corrected chi connectivity index (χ4v) is 0. The predicted molar refractivity (Wildman–Crippen MR) is 22.5 cm³/mol. The molecule has 44 valence electrons. The average molecular weight is 221 g/mol. The summed E-state index contributed by atoms with van der Waals surface area (Å²) in [4.78, 5) is 0. The first-order chi connectivity index (χ1) is 1.73. The molecule has 0 aliphatic carbocycles. The van der Waals surface area contributed by atoms with Crippen molar-refractivity contribution < 1.29 is 33.4 Å². The molecule has 0 saturated carbocycles. The van der Waals surface area contributed by atoms with E-state index >= 15 is 0 Å². The van der Waals surface area contributed by atoms with Gasteiger partial charge in [-0.3, -0.25) is 0 Å². The van der Waals surface area contributed by atoms with E-state index in [0.717, 1.165) is 0 Å². The molecule has 0 aromatic rings. The van der Waals surface area contributed by atoms with Gasteiger partial charge in [0.1, 0.15) is 0 Å². The second-order valence-corrected chi connectivity index (χ2v) is 0.651. The number of hydrogen-bond acceptors (Lipinski definition) is 3. The molecule has 1 atom stereocenters. The van der Waals surface area contributed by atoms with Crippen LogP contribution >= 0.6 is 9.90 Å². The standard InChI is InChI=1S/HO3S.H3P.Pd/c1-4(2)3;;/h(H,1,2,3);1H3;/q-1;;. The summed E-state index contributed by atoms with van der Waals surface area (Å²) in [6.07, 6.45) is 0. The van der Waals surface area contributed by atoms with E-state index in [1.807, 2.05) is 0 Å². The summed E-state index contributed by atoms with van der Waals surface area (Å²) >= 11 is 0. The zero-order chi connectivity index (χ0) is 3.58. The molecule has 0 spiro atoms. The smallest absolute Gasteiger partial charge is 0.0495 e. The van der Waals surface area contributed by atoms with Crippen molar-refractivity contribution in [3.05, 3.63) is 0 Å². The Hall–Kier alpha value is 1.00. The fourth-order valence-electron chi connectivity index (χ4n) is 0. The van der Waals surface area contributed by atoms with Crippen molar-refractivity contribution in [3.8, 4) is 0 Å². The van der Waals surface area contributed by atoms with Crippen LogP contribution in [0.15, 0.2) is 0 Å². The van der Waals surface area contributed by atoms with Gasteiger partial charge >= 0.3 is 0 Å². The van der Waals surface area contributed by atoms with E-state index < -0.39 is 11.0 Å². The van der Waals surface area contributed by atoms with Crippen molar-refractivity contribution in [2.45, 2.75) is 0 Å². The van der Waals surface area contributed by atoms with Crippen molar-refractivity contribution in [3.63, 3.8) is 0 Å². The van der Waals surface area contributed by atoms with Crippen molar-refractivity contribution in [2.24, 2.45) is 0 Å². The molecule has 6 heavy (non-hydrogen) atoms. The average Bonchev–Trinajstić information content (AvgIpc) is 0.811. The van der Waals surface area contributed by atoms with Gasteiger partial charge in [0.15, 0.2) is 0 Å². The molecule has 0 bridgehead atoms. The Morgan fingerprint density at radius 2 is 1.33 bits per heavy atom. The Morgan fingerprint density at radius 3 is 1.33 bits per heavy atom. The third-order valence-electron chi connectivity index (χ3n) is 0. The molecular weight excluding hydrogens is 217 g/mol. The molecule has 0 amide bonds. The minimum atomic E-state index is -2.86. The molecule has 1 unspecified atom stereocenters. The van der Waals surface area contributed by atoms with Crippen LogP contribution in [0.4, 0.5) is 0 Å². The second kappa shape index (κ2) is 9.38. The largest absolute Gasteiger partial charge is 0.439 e. The van der Waals surface area contributed by atoms with Gasteiger partial charge in [0.05, 0.1) is 0 Å². The summed E-state index contributed by atoms with van der Waals surface area (Å²) < 4.78 is 24.1. The van der Waals surface area contributed by atoms with E-state index in [0.29, 0.717) is 0 Å². The van der Waals surface area contributed by atoms with Crippen LogP contribution < -0.4 is 0 Å². The van der Waals surface area contributed by atoms with Gasteiger partial charge in [-0.05, 0) is 0 Å². The zero-order valence-corrected chi connectivity index (χ0v) is 6.48. The Bertz CT molecular complexity index is 59.2. The van der Waals surface area contributed by atoms with Gasteiger partial charge < -0.3 is 13.0 Å². The quantitative estimate of drug-likeness (QED) is 0.203. The molecule has 0 aromatic carbocycles. The van der Waals surface area contributed by atoms with Crippen LogP contribution in [0.3, 0.4) is 0 Å². The van der Waals surface area contributed by atoms with Crippen molar-refractivity contribution >= 4 is 20.9 Å². The maximum absolute atomic E-state index is 8.56. The molecule has 0 radical (unpaired) electrons. The summed E-state index contributed by atoms with van der Waals surface area (Å²) in [7, 11) is -2.86. The molecule has 0 fully saturated rings. The van der Waals surface area contributed by atoms with Crippen LogP contribution in [0.5, 0.6) is 0 Å². The minimum absolute atomic E-state index is 0. The van der Waals surface area contributed by atoms with Crippen LogP contribution in [0.25, 0.3) is 0 Å². The summed E-state index contributed by atoms with van der Waals surface area (Å²) in [5, 5.41) is 0. The molecule has 1 N–H and O–H groups in total. The summed E-state index contributed by atoms with van der Waals surface area (Å²) in [6.45, 7) is 0. The fraction of sp³-hybridized carbons (Fsp3) is 0. The molecular formula is H4O3PPdS-. The summed E-state index contributed by atoms with van der Waals surface area (Å²) in [5.74, 6) is 0. The summed E-state index contributed by atoms with van der Waals surface area (Å²) in [6, 6.07) is 0. The van der Waals surface area contributed by atoms with E-state index in [1.165, 1.54) is 0 Å². The van der Waals surface area contributed by atoms with E-state index in [2.05, 4.69) is 0 Å². The first-order valence-corrected chi connectivity index (χ1v) is 1.55. The maximum atomic E-state index is 8.56. The first-order valence-electron chi connectivity index (χ1n) is 0.516. The topological polar surface area (TPSA) is 54.4 Å². The Balaban J connectivity index is -0.0000000450. The maximum Gasteiger partial charge on any atom is 0.0495 e. The predicted octanol–water partition coefficient (Wildman–Crippen LogP) is -0.176. The third-order valence-corrected chi connectivity index (χ3v) is 0. The Kier molecular flexibility index (Phi) is 24.6. The number of rotatable bonds is 0. The monoisotopic (exact) mass is 221 g/mol. The van der Waals surface area contributed by atoms with Gasteiger partial charge in [0.25, 0.3) is 0 Å². The van der Waals surface area contributed by atoms with Gasteiger partial charge in [0, 0.05) is 31.4 Å². The SMILES string of the molecule is O=[S-](=O)O.P.[Pd]. The number of hydrogen-bond donors (Lipinski definition) is 1. The van der Waals surface area contributed by atoms with E-state index in [4.69, 9.17) is 13.0 Å². The van der Waals surface area contributed by atoms with Crippen LogP contribution in [-0.2, 0) is 39.8 Å². The Morgan fingerprint density at radius 1 is 1.33 bits per heavy atom. The Labute approximate surface area is 54.6 Å². The van der Waals surface area contributed by atoms with Crippen LogP contribution in [0.2, 0.25) is 0 Å². The van der Waals surface area contributed by atoms with Gasteiger partial charge in [-0.25, -0.2) is 0 Å². The second-order valence-electron chi connectivity index (χ2n) is 0.217. The zero-order valence-electron chi connectivity index (χ0n) is 2.70. The van der Waals surface area contributed by atoms with Crippen LogP contribution in [-0.4, -0.2) is 4.55 Å². The van der Waals surface area contributed by atoms with E-state index in [1.54, 1.807) is 0 Å². The minimum Gasteiger partial charge on any atom is -0.439 e. The van der Waals surface area contributed by atoms with Crippen molar-refractivity contribution in [1.29, 1.82) is 0 Å². The van der Waals surface area contributed by atoms with Gasteiger partial charge in [-0.2, -0.15) is 9.90 Å². The molecule has 0 aromatic heterocycles. The van der Waals surface area contributed by atoms with Gasteiger partial charge in [-0.15, -0.1) is 0 Å². The third kappa shape index (κ3) is 79.8. The molecule has 0 aliphatic rings. The molecule has 3 nitrogen and oxygen atoms in total. The molecule has 0 heterocycles. The van der Waals surface area contributed by atoms with Crippen LogP contribution in [0.1, 0.15) is 0 Å². The normalized spacial score (nSPS) is 5.67. The summed E-state index contributed by atoms with van der Waals surface area (Å²) in [5.41, 5.74) is 0. The molecule has 0 aliphatic heterocycles. The van der Waals surface area contributed by atoms with Crippen molar-refractivity contribution in [1.82, 2.24) is 0 Å².